The lowest BCUT2D eigenvalue weighted by Crippen LogP contribution is -2.46. The van der Waals surface area contributed by atoms with Crippen molar-refractivity contribution in [2.45, 2.75) is 71.9 Å². The Kier molecular flexibility index (Phi) is 8.83. The predicted molar refractivity (Wildman–Crippen MR) is 131 cm³/mol. The number of carbonyl (C=O) groups is 2. The highest BCUT2D eigenvalue weighted by Gasteiger charge is 2.42. The molecule has 33 heavy (non-hydrogen) atoms. The predicted octanol–water partition coefficient (Wildman–Crippen LogP) is 5.26. The maximum atomic E-state index is 13.1. The molecule has 0 bridgehead atoms. The van der Waals surface area contributed by atoms with E-state index in [1.54, 1.807) is 32.8 Å². The van der Waals surface area contributed by atoms with Crippen LogP contribution in [-0.2, 0) is 14.3 Å². The lowest BCUT2D eigenvalue weighted by atomic mass is 9.93. The van der Waals surface area contributed by atoms with Crippen molar-refractivity contribution in [3.8, 4) is 11.5 Å². The fourth-order valence-corrected chi connectivity index (χ4v) is 4.94. The minimum absolute atomic E-state index is 0.0601. The van der Waals surface area contributed by atoms with Crippen LogP contribution in [-0.4, -0.2) is 47.5 Å². The second-order valence-corrected chi connectivity index (χ2v) is 9.49. The second-order valence-electron chi connectivity index (χ2n) is 8.43. The number of unbranched alkanes of at least 4 members (excludes halogenated alkanes) is 3. The molecule has 0 spiro atoms. The van der Waals surface area contributed by atoms with E-state index >= 15 is 0 Å². The number of hydrogen-bond acceptors (Lipinski definition) is 7. The highest BCUT2D eigenvalue weighted by molar-refractivity contribution is 8.14. The van der Waals surface area contributed by atoms with Crippen molar-refractivity contribution in [2.24, 2.45) is 4.99 Å². The van der Waals surface area contributed by atoms with E-state index in [1.165, 1.54) is 24.6 Å². The molecule has 0 aliphatic carbocycles. The Balaban J connectivity index is 1.96. The molecule has 2 aliphatic heterocycles. The van der Waals surface area contributed by atoms with Crippen molar-refractivity contribution < 1.29 is 23.8 Å². The number of esters is 1. The number of allylic oxidation sites excluding steroid dienone is 1. The molecule has 7 nitrogen and oxygen atoms in total. The number of amidine groups is 1. The summed E-state index contributed by atoms with van der Waals surface area (Å²) >= 11 is 1.52. The van der Waals surface area contributed by atoms with Crippen molar-refractivity contribution >= 4 is 28.8 Å². The van der Waals surface area contributed by atoms with E-state index in [2.05, 4.69) is 11.9 Å². The van der Waals surface area contributed by atoms with Crippen molar-refractivity contribution in [1.29, 1.82) is 0 Å². The molecule has 3 rings (SSSR count). The van der Waals surface area contributed by atoms with Gasteiger partial charge in [0.05, 0.1) is 37.1 Å². The highest BCUT2D eigenvalue weighted by atomic mass is 32.2. The van der Waals surface area contributed by atoms with Gasteiger partial charge >= 0.3 is 5.97 Å². The van der Waals surface area contributed by atoms with Crippen molar-refractivity contribution in [3.63, 3.8) is 0 Å². The number of carbonyl (C=O) groups excluding carboxylic acids is 2. The number of thioether (sulfide) groups is 1. The smallest absolute Gasteiger partial charge is 0.338 e. The van der Waals surface area contributed by atoms with Crippen LogP contribution in [0.25, 0.3) is 0 Å². The summed E-state index contributed by atoms with van der Waals surface area (Å²) in [6.45, 7) is 8.19. The normalized spacial score (nSPS) is 18.2. The first-order valence-electron chi connectivity index (χ1n) is 11.6. The molecule has 2 heterocycles. The van der Waals surface area contributed by atoms with E-state index in [4.69, 9.17) is 14.2 Å². The SMILES string of the molecule is CCCCCCOc1ccc(C2C(C(=O)OC(C)C)=C(C)N=C3SCCC(=O)N32)cc1OC. The summed E-state index contributed by atoms with van der Waals surface area (Å²) in [4.78, 5) is 32.2. The van der Waals surface area contributed by atoms with Crippen LogP contribution >= 0.6 is 11.8 Å². The van der Waals surface area contributed by atoms with Gasteiger partial charge in [0.25, 0.3) is 0 Å². The van der Waals surface area contributed by atoms with Crippen LogP contribution in [0.5, 0.6) is 11.5 Å². The third kappa shape index (κ3) is 5.91. The topological polar surface area (TPSA) is 77.4 Å². The zero-order valence-corrected chi connectivity index (χ0v) is 21.0. The minimum Gasteiger partial charge on any atom is -0.493 e. The van der Waals surface area contributed by atoms with E-state index in [1.807, 2.05) is 18.2 Å². The first kappa shape index (κ1) is 25.1. The van der Waals surface area contributed by atoms with Crippen LogP contribution in [0.3, 0.4) is 0 Å². The van der Waals surface area contributed by atoms with E-state index in [-0.39, 0.29) is 12.0 Å². The summed E-state index contributed by atoms with van der Waals surface area (Å²) < 4.78 is 17.1. The Hall–Kier alpha value is -2.48. The van der Waals surface area contributed by atoms with Crippen molar-refractivity contribution in [1.82, 2.24) is 4.90 Å². The Morgan fingerprint density at radius 3 is 2.73 bits per heavy atom. The molecule has 1 amide bonds. The molecular formula is C25H34N2O5S. The highest BCUT2D eigenvalue weighted by Crippen LogP contribution is 2.42. The molecule has 1 saturated heterocycles. The number of ether oxygens (including phenoxy) is 3. The lowest BCUT2D eigenvalue weighted by molar-refractivity contribution is -0.143. The van der Waals surface area contributed by atoms with E-state index in [0.717, 1.165) is 18.4 Å². The molecule has 0 aromatic heterocycles. The molecule has 0 radical (unpaired) electrons. The fraction of sp³-hybridized carbons (Fsp3) is 0.560. The van der Waals surface area contributed by atoms with E-state index < -0.39 is 12.0 Å². The molecule has 180 valence electrons. The standard InChI is InChI=1S/C25H34N2O5S/c1-6-7-8-9-13-31-19-11-10-18(15-20(19)30-5)23-22(24(29)32-16(2)3)17(4)26-25-27(23)21(28)12-14-33-25/h10-11,15-16,23H,6-9,12-14H2,1-5H3. The summed E-state index contributed by atoms with van der Waals surface area (Å²) in [5, 5.41) is 0.616. The molecule has 8 heteroatoms. The van der Waals surface area contributed by atoms with E-state index in [0.29, 0.717) is 46.7 Å². The van der Waals surface area contributed by atoms with Gasteiger partial charge < -0.3 is 14.2 Å². The molecule has 1 aromatic carbocycles. The summed E-state index contributed by atoms with van der Waals surface area (Å²) in [7, 11) is 1.59. The molecule has 1 fully saturated rings. The van der Waals surface area contributed by atoms with Gasteiger partial charge in [0.2, 0.25) is 5.91 Å². The number of nitrogens with zero attached hydrogens (tertiary/aromatic N) is 2. The van der Waals surface area contributed by atoms with E-state index in [9.17, 15) is 9.59 Å². The number of hydrogen-bond donors (Lipinski definition) is 0. The first-order valence-corrected chi connectivity index (χ1v) is 12.6. The van der Waals surface area contributed by atoms with Gasteiger partial charge in [0.1, 0.15) is 0 Å². The Morgan fingerprint density at radius 2 is 2.03 bits per heavy atom. The first-order chi connectivity index (χ1) is 15.9. The van der Waals surface area contributed by atoms with Crippen molar-refractivity contribution in [3.05, 3.63) is 35.0 Å². The molecule has 1 aromatic rings. The number of aliphatic imine (C=N–C) groups is 1. The van der Waals surface area contributed by atoms with Crippen LogP contribution in [0.1, 0.15) is 71.4 Å². The van der Waals surface area contributed by atoms with Gasteiger partial charge in [-0.3, -0.25) is 9.69 Å². The summed E-state index contributed by atoms with van der Waals surface area (Å²) in [5.41, 5.74) is 1.69. The van der Waals surface area contributed by atoms with Crippen LogP contribution in [0.15, 0.2) is 34.5 Å². The molecule has 0 N–H and O–H groups in total. The fourth-order valence-electron chi connectivity index (χ4n) is 3.93. The summed E-state index contributed by atoms with van der Waals surface area (Å²) in [6, 6.07) is 4.95. The third-order valence-corrected chi connectivity index (χ3v) is 6.48. The van der Waals surface area contributed by atoms with Crippen LogP contribution in [0.4, 0.5) is 0 Å². The maximum absolute atomic E-state index is 13.1. The van der Waals surface area contributed by atoms with Gasteiger partial charge in [-0.05, 0) is 44.9 Å². The zero-order valence-electron chi connectivity index (χ0n) is 20.2. The minimum atomic E-state index is -0.628. The van der Waals surface area contributed by atoms with Crippen LogP contribution < -0.4 is 9.47 Å². The Morgan fingerprint density at radius 1 is 1.24 bits per heavy atom. The monoisotopic (exact) mass is 474 g/mol. The summed E-state index contributed by atoms with van der Waals surface area (Å²) in [6.07, 6.45) is 4.57. The average Bonchev–Trinajstić information content (AvgIpc) is 2.77. The molecule has 0 saturated carbocycles. The molecule has 1 unspecified atom stereocenters. The number of fused-ring (bicyclic) bond motifs is 1. The van der Waals surface area contributed by atoms with Crippen molar-refractivity contribution in [2.75, 3.05) is 19.5 Å². The number of amides is 1. The largest absolute Gasteiger partial charge is 0.493 e. The number of benzene rings is 1. The van der Waals surface area contributed by atoms with Crippen LogP contribution in [0, 0.1) is 0 Å². The van der Waals surface area contributed by atoms with Gasteiger partial charge in [-0.2, -0.15) is 0 Å². The molecule has 2 aliphatic rings. The molecule has 1 atom stereocenters. The quantitative estimate of drug-likeness (QED) is 0.340. The Labute approximate surface area is 200 Å². The Bertz CT molecular complexity index is 941. The van der Waals surface area contributed by atoms with Gasteiger partial charge in [-0.25, -0.2) is 9.79 Å². The number of rotatable bonds is 10. The molecular weight excluding hydrogens is 440 g/mol. The average molecular weight is 475 g/mol. The van der Waals surface area contributed by atoms with Gasteiger partial charge in [0, 0.05) is 12.2 Å². The van der Waals surface area contributed by atoms with Gasteiger partial charge in [-0.1, -0.05) is 44.0 Å². The van der Waals surface area contributed by atoms with Gasteiger partial charge in [-0.15, -0.1) is 0 Å². The van der Waals surface area contributed by atoms with Crippen LogP contribution in [0.2, 0.25) is 0 Å². The zero-order chi connectivity index (χ0) is 24.0. The third-order valence-electron chi connectivity index (χ3n) is 5.53. The maximum Gasteiger partial charge on any atom is 0.338 e. The lowest BCUT2D eigenvalue weighted by Gasteiger charge is -2.39. The number of methoxy groups -OCH3 is 1. The summed E-state index contributed by atoms with van der Waals surface area (Å²) in [5.74, 6) is 1.37. The second kappa shape index (κ2) is 11.6. The van der Waals surface area contributed by atoms with Gasteiger partial charge in [0.15, 0.2) is 16.7 Å².